The van der Waals surface area contributed by atoms with Gasteiger partial charge in [-0.05, 0) is 37.8 Å². The molecule has 1 aromatic rings. The van der Waals surface area contributed by atoms with Crippen LogP contribution in [-0.2, 0) is 14.3 Å². The summed E-state index contributed by atoms with van der Waals surface area (Å²) in [7, 11) is -5.65. The summed E-state index contributed by atoms with van der Waals surface area (Å²) in [6, 6.07) is 9.17. The quantitative estimate of drug-likeness (QED) is 0.430. The molecule has 1 aliphatic carbocycles. The Morgan fingerprint density at radius 3 is 2.52 bits per heavy atom. The molecule has 0 amide bonds. The van der Waals surface area contributed by atoms with Crippen molar-refractivity contribution in [1.29, 1.82) is 0 Å². The van der Waals surface area contributed by atoms with Crippen molar-refractivity contribution in [3.05, 3.63) is 41.0 Å². The maximum Gasteiger partial charge on any atom is 0.534 e. The van der Waals surface area contributed by atoms with E-state index in [2.05, 4.69) is 4.18 Å². The third-order valence-electron chi connectivity index (χ3n) is 3.98. The van der Waals surface area contributed by atoms with Gasteiger partial charge in [0.2, 0.25) is 0 Å². The number of thioether (sulfide) groups is 1. The zero-order valence-electron chi connectivity index (χ0n) is 13.9. The van der Waals surface area contributed by atoms with E-state index in [1.54, 1.807) is 0 Å². The van der Waals surface area contributed by atoms with Gasteiger partial charge in [0, 0.05) is 15.7 Å². The Bertz CT molecular complexity index is 698. The lowest BCUT2D eigenvalue weighted by Crippen LogP contribution is -2.28. The fourth-order valence-corrected chi connectivity index (χ4v) is 4.48. The molecule has 25 heavy (non-hydrogen) atoms. The van der Waals surface area contributed by atoms with Gasteiger partial charge in [-0.25, -0.2) is 0 Å². The van der Waals surface area contributed by atoms with Crippen LogP contribution >= 0.6 is 11.8 Å². The highest BCUT2D eigenvalue weighted by atomic mass is 32.2. The molecule has 1 aliphatic rings. The van der Waals surface area contributed by atoms with Crippen molar-refractivity contribution in [3.8, 4) is 0 Å². The van der Waals surface area contributed by atoms with Gasteiger partial charge in [-0.3, -0.25) is 0 Å². The van der Waals surface area contributed by atoms with Crippen molar-refractivity contribution in [3.63, 3.8) is 0 Å². The Morgan fingerprint density at radius 1 is 1.24 bits per heavy atom. The van der Waals surface area contributed by atoms with Crippen LogP contribution < -0.4 is 0 Å². The number of unbranched alkanes of at least 4 members (excludes halogenated alkanes) is 1. The molecule has 0 saturated heterocycles. The number of alkyl halides is 3. The molecule has 0 spiro atoms. The standard InChI is InChI=1S/C17H21F3O3S2/c1-2-3-8-13-9-7-12-15(24-14-10-5-4-6-11-14)16(13)23-25(21,22)17(18,19)20/h4-6,10-11,13H,2-3,7-9,12H2,1H3. The number of hydrogen-bond donors (Lipinski definition) is 0. The molecule has 1 unspecified atom stereocenters. The number of benzene rings is 1. The van der Waals surface area contributed by atoms with E-state index in [-0.39, 0.29) is 11.7 Å². The lowest BCUT2D eigenvalue weighted by Gasteiger charge is -2.28. The summed E-state index contributed by atoms with van der Waals surface area (Å²) in [6.45, 7) is 1.99. The average molecular weight is 394 g/mol. The van der Waals surface area contributed by atoms with Gasteiger partial charge in [0.15, 0.2) is 0 Å². The van der Waals surface area contributed by atoms with Gasteiger partial charge >= 0.3 is 15.6 Å². The number of allylic oxidation sites excluding steroid dienone is 2. The van der Waals surface area contributed by atoms with Gasteiger partial charge in [-0.2, -0.15) is 21.6 Å². The van der Waals surface area contributed by atoms with Crippen LogP contribution in [0.4, 0.5) is 13.2 Å². The normalized spacial score (nSPS) is 19.1. The van der Waals surface area contributed by atoms with Crippen LogP contribution in [0.15, 0.2) is 45.9 Å². The zero-order chi connectivity index (χ0) is 18.5. The SMILES string of the molecule is CCCCC1CCCC(Sc2ccccc2)=C1OS(=O)(=O)C(F)(F)F. The summed E-state index contributed by atoms with van der Waals surface area (Å²) in [5.74, 6) is -0.317. The predicted octanol–water partition coefficient (Wildman–Crippen LogP) is 5.85. The molecular weight excluding hydrogens is 373 g/mol. The molecular formula is C17H21F3O3S2. The minimum Gasteiger partial charge on any atom is -0.379 e. The topological polar surface area (TPSA) is 43.4 Å². The number of halogens is 3. The molecule has 0 bridgehead atoms. The molecule has 0 radical (unpaired) electrons. The van der Waals surface area contributed by atoms with Crippen LogP contribution in [0.3, 0.4) is 0 Å². The van der Waals surface area contributed by atoms with Crippen LogP contribution in [0.25, 0.3) is 0 Å². The molecule has 0 aromatic heterocycles. The Balaban J connectivity index is 2.36. The Morgan fingerprint density at radius 2 is 1.92 bits per heavy atom. The van der Waals surface area contributed by atoms with Crippen molar-refractivity contribution >= 4 is 21.9 Å². The molecule has 2 rings (SSSR count). The average Bonchev–Trinajstić information content (AvgIpc) is 2.55. The molecule has 0 N–H and O–H groups in total. The summed E-state index contributed by atoms with van der Waals surface area (Å²) < 4.78 is 66.1. The van der Waals surface area contributed by atoms with Gasteiger partial charge in [0.1, 0.15) is 5.76 Å². The first-order chi connectivity index (χ1) is 11.7. The van der Waals surface area contributed by atoms with Crippen molar-refractivity contribution in [2.24, 2.45) is 5.92 Å². The maximum absolute atomic E-state index is 12.8. The lowest BCUT2D eigenvalue weighted by molar-refractivity contribution is -0.0528. The summed E-state index contributed by atoms with van der Waals surface area (Å²) in [6.07, 6.45) is 4.29. The van der Waals surface area contributed by atoms with Crippen molar-refractivity contribution < 1.29 is 25.8 Å². The van der Waals surface area contributed by atoms with E-state index in [0.717, 1.165) is 24.2 Å². The van der Waals surface area contributed by atoms with Crippen molar-refractivity contribution in [1.82, 2.24) is 0 Å². The van der Waals surface area contributed by atoms with E-state index >= 15 is 0 Å². The minimum atomic E-state index is -5.65. The van der Waals surface area contributed by atoms with E-state index in [4.69, 9.17) is 0 Å². The molecule has 0 heterocycles. The second-order valence-corrected chi connectivity index (χ2v) is 8.62. The highest BCUT2D eigenvalue weighted by molar-refractivity contribution is 8.03. The fourth-order valence-electron chi connectivity index (χ4n) is 2.73. The molecule has 1 atom stereocenters. The highest BCUT2D eigenvalue weighted by Gasteiger charge is 2.49. The first kappa shape index (κ1) is 20.2. The molecule has 8 heteroatoms. The maximum atomic E-state index is 12.8. The molecule has 0 fully saturated rings. The molecule has 140 valence electrons. The summed E-state index contributed by atoms with van der Waals surface area (Å²) in [5, 5.41) is 0. The lowest BCUT2D eigenvalue weighted by atomic mass is 9.89. The summed E-state index contributed by atoms with van der Waals surface area (Å²) in [5.41, 5.74) is -5.42. The first-order valence-electron chi connectivity index (χ1n) is 8.21. The third kappa shape index (κ3) is 5.41. The molecule has 1 aromatic carbocycles. The number of hydrogen-bond acceptors (Lipinski definition) is 4. The van der Waals surface area contributed by atoms with Gasteiger partial charge in [0.25, 0.3) is 0 Å². The van der Waals surface area contributed by atoms with Gasteiger partial charge < -0.3 is 4.18 Å². The van der Waals surface area contributed by atoms with Crippen LogP contribution in [0.1, 0.15) is 45.4 Å². The highest BCUT2D eigenvalue weighted by Crippen LogP contribution is 2.44. The largest absolute Gasteiger partial charge is 0.534 e. The Labute approximate surface area is 150 Å². The summed E-state index contributed by atoms with van der Waals surface area (Å²) in [4.78, 5) is 1.42. The van der Waals surface area contributed by atoms with Crippen LogP contribution in [0.2, 0.25) is 0 Å². The smallest absolute Gasteiger partial charge is 0.379 e. The van der Waals surface area contributed by atoms with Crippen LogP contribution in [0.5, 0.6) is 0 Å². The van der Waals surface area contributed by atoms with Crippen molar-refractivity contribution in [2.45, 2.75) is 55.9 Å². The van der Waals surface area contributed by atoms with E-state index < -0.39 is 15.6 Å². The molecule has 0 saturated carbocycles. The molecule has 3 nitrogen and oxygen atoms in total. The first-order valence-corrected chi connectivity index (χ1v) is 10.4. The third-order valence-corrected chi connectivity index (χ3v) is 6.10. The van der Waals surface area contributed by atoms with Crippen LogP contribution in [-0.4, -0.2) is 13.9 Å². The second-order valence-electron chi connectivity index (χ2n) is 5.92. The number of rotatable bonds is 7. The summed E-state index contributed by atoms with van der Waals surface area (Å²) >= 11 is 1.28. The Kier molecular flexibility index (Phi) is 6.85. The van der Waals surface area contributed by atoms with E-state index in [1.807, 2.05) is 37.3 Å². The van der Waals surface area contributed by atoms with Gasteiger partial charge in [0.05, 0.1) is 0 Å². The van der Waals surface area contributed by atoms with Gasteiger partial charge in [-0.1, -0.05) is 49.7 Å². The van der Waals surface area contributed by atoms with E-state index in [1.165, 1.54) is 11.8 Å². The van der Waals surface area contributed by atoms with E-state index in [9.17, 15) is 21.6 Å². The van der Waals surface area contributed by atoms with Crippen LogP contribution in [0, 0.1) is 5.92 Å². The predicted molar refractivity (Wildman–Crippen MR) is 92.3 cm³/mol. The fraction of sp³-hybridized carbons (Fsp3) is 0.529. The molecule has 0 aliphatic heterocycles. The monoisotopic (exact) mass is 394 g/mol. The second kappa shape index (κ2) is 8.49. The van der Waals surface area contributed by atoms with Gasteiger partial charge in [-0.15, -0.1) is 0 Å². The van der Waals surface area contributed by atoms with Crippen molar-refractivity contribution in [2.75, 3.05) is 0 Å². The minimum absolute atomic E-state index is 0.0223. The Hall–Kier alpha value is -1.15. The van der Waals surface area contributed by atoms with E-state index in [0.29, 0.717) is 24.2 Å². The zero-order valence-corrected chi connectivity index (χ0v) is 15.5.